The number of hydrogen-bond acceptors (Lipinski definition) is 6. The van der Waals surface area contributed by atoms with Gasteiger partial charge in [-0.25, -0.2) is 4.68 Å². The Kier molecular flexibility index (Phi) is 6.92. The van der Waals surface area contributed by atoms with E-state index in [4.69, 9.17) is 4.74 Å². The molecule has 3 aromatic carbocycles. The Bertz CT molecular complexity index is 1450. The quantitative estimate of drug-likeness (QED) is 0.244. The lowest BCUT2D eigenvalue weighted by Gasteiger charge is -2.10. The SMILES string of the molecule is CC(C)Oc1nc(-c2cccc(C(F)(F)F)c2)n(-c2ccc(NC(=O)c3cccc([N+](=O)[O-])c3)cc2)n1. The first-order valence-corrected chi connectivity index (χ1v) is 11.0. The molecule has 1 N–H and O–H groups in total. The van der Waals surface area contributed by atoms with Crippen molar-refractivity contribution in [1.82, 2.24) is 14.8 Å². The van der Waals surface area contributed by atoms with Crippen molar-refractivity contribution in [2.75, 3.05) is 5.32 Å². The fraction of sp³-hybridized carbons (Fsp3) is 0.160. The van der Waals surface area contributed by atoms with Crippen LogP contribution in [0.5, 0.6) is 6.01 Å². The van der Waals surface area contributed by atoms with Gasteiger partial charge in [0.25, 0.3) is 11.6 Å². The lowest BCUT2D eigenvalue weighted by molar-refractivity contribution is -0.384. The molecular weight excluding hydrogens is 491 g/mol. The number of nitro groups is 1. The van der Waals surface area contributed by atoms with Crippen LogP contribution in [0.3, 0.4) is 0 Å². The first kappa shape index (κ1) is 25.4. The smallest absolute Gasteiger partial charge is 0.416 e. The van der Waals surface area contributed by atoms with Gasteiger partial charge in [0, 0.05) is 28.9 Å². The van der Waals surface area contributed by atoms with Crippen molar-refractivity contribution in [2.45, 2.75) is 26.1 Å². The second-order valence-corrected chi connectivity index (χ2v) is 8.18. The summed E-state index contributed by atoms with van der Waals surface area (Å²) in [6.45, 7) is 3.53. The summed E-state index contributed by atoms with van der Waals surface area (Å²) in [7, 11) is 0. The summed E-state index contributed by atoms with van der Waals surface area (Å²) in [5.41, 5.74) is 0.0909. The summed E-state index contributed by atoms with van der Waals surface area (Å²) >= 11 is 0. The summed E-state index contributed by atoms with van der Waals surface area (Å²) in [5, 5.41) is 17.9. The van der Waals surface area contributed by atoms with Crippen molar-refractivity contribution in [3.8, 4) is 23.1 Å². The molecule has 0 bridgehead atoms. The Balaban J connectivity index is 1.64. The molecule has 1 aromatic heterocycles. The second kappa shape index (κ2) is 10.1. The molecule has 12 heteroatoms. The fourth-order valence-corrected chi connectivity index (χ4v) is 3.41. The number of nitrogens with zero attached hydrogens (tertiary/aromatic N) is 4. The molecule has 37 heavy (non-hydrogen) atoms. The Morgan fingerprint density at radius 3 is 2.41 bits per heavy atom. The molecule has 0 saturated heterocycles. The average molecular weight is 511 g/mol. The van der Waals surface area contributed by atoms with E-state index in [0.717, 1.165) is 18.2 Å². The molecule has 9 nitrogen and oxygen atoms in total. The highest BCUT2D eigenvalue weighted by molar-refractivity contribution is 6.04. The van der Waals surface area contributed by atoms with E-state index in [0.29, 0.717) is 11.4 Å². The molecule has 0 radical (unpaired) electrons. The highest BCUT2D eigenvalue weighted by atomic mass is 19.4. The Morgan fingerprint density at radius 2 is 1.76 bits per heavy atom. The lowest BCUT2D eigenvalue weighted by Crippen LogP contribution is -2.12. The van der Waals surface area contributed by atoms with Gasteiger partial charge in [-0.2, -0.15) is 18.2 Å². The number of hydrogen-bond donors (Lipinski definition) is 1. The largest absolute Gasteiger partial charge is 0.460 e. The first-order chi connectivity index (χ1) is 17.5. The number of aromatic nitrogens is 3. The molecule has 4 rings (SSSR count). The number of non-ortho nitro benzene ring substituents is 1. The zero-order valence-corrected chi connectivity index (χ0v) is 19.6. The number of alkyl halides is 3. The van der Waals surface area contributed by atoms with Gasteiger partial charge < -0.3 is 10.1 Å². The Morgan fingerprint density at radius 1 is 1.05 bits per heavy atom. The van der Waals surface area contributed by atoms with E-state index in [-0.39, 0.29) is 34.8 Å². The second-order valence-electron chi connectivity index (χ2n) is 8.18. The van der Waals surface area contributed by atoms with Gasteiger partial charge in [-0.05, 0) is 56.3 Å². The molecule has 0 saturated carbocycles. The summed E-state index contributed by atoms with van der Waals surface area (Å²) in [4.78, 5) is 27.2. The zero-order valence-electron chi connectivity index (χ0n) is 19.6. The summed E-state index contributed by atoms with van der Waals surface area (Å²) in [6, 6.07) is 16.3. The summed E-state index contributed by atoms with van der Waals surface area (Å²) < 4.78 is 46.7. The highest BCUT2D eigenvalue weighted by Gasteiger charge is 2.31. The maximum atomic E-state index is 13.3. The van der Waals surface area contributed by atoms with E-state index in [9.17, 15) is 28.1 Å². The first-order valence-electron chi connectivity index (χ1n) is 11.0. The van der Waals surface area contributed by atoms with Gasteiger partial charge in [0.05, 0.1) is 22.3 Å². The standard InChI is InChI=1S/C25H20F3N5O4/c1-15(2)37-24-30-22(16-5-3-7-18(13-16)25(26,27)28)32(31-24)20-11-9-19(10-12-20)29-23(34)17-6-4-8-21(14-17)33(35)36/h3-15H,1-2H3,(H,29,34). The molecule has 0 spiro atoms. The number of halogens is 3. The van der Waals surface area contributed by atoms with Gasteiger partial charge in [0.1, 0.15) is 0 Å². The van der Waals surface area contributed by atoms with Crippen molar-refractivity contribution in [2.24, 2.45) is 0 Å². The van der Waals surface area contributed by atoms with E-state index in [1.165, 1.54) is 35.0 Å². The van der Waals surface area contributed by atoms with Gasteiger partial charge >= 0.3 is 12.2 Å². The molecule has 1 amide bonds. The van der Waals surface area contributed by atoms with Crippen LogP contribution in [-0.4, -0.2) is 31.7 Å². The predicted molar refractivity (Wildman–Crippen MR) is 129 cm³/mol. The third kappa shape index (κ3) is 5.92. The third-order valence-electron chi connectivity index (χ3n) is 5.07. The normalized spacial score (nSPS) is 11.4. The van der Waals surface area contributed by atoms with Gasteiger partial charge in [0.2, 0.25) is 0 Å². The number of anilines is 1. The maximum Gasteiger partial charge on any atom is 0.416 e. The Labute approximate surface area is 208 Å². The van der Waals surface area contributed by atoms with Crippen molar-refractivity contribution in [3.05, 3.63) is 94.0 Å². The van der Waals surface area contributed by atoms with Crippen molar-refractivity contribution >= 4 is 17.3 Å². The van der Waals surface area contributed by atoms with E-state index in [2.05, 4.69) is 15.4 Å². The molecule has 0 fully saturated rings. The van der Waals surface area contributed by atoms with Crippen LogP contribution in [0.4, 0.5) is 24.5 Å². The number of nitro benzene ring substituents is 1. The maximum absolute atomic E-state index is 13.3. The van der Waals surface area contributed by atoms with Crippen molar-refractivity contribution in [3.63, 3.8) is 0 Å². The number of benzene rings is 3. The van der Waals surface area contributed by atoms with Crippen LogP contribution in [0.15, 0.2) is 72.8 Å². The highest BCUT2D eigenvalue weighted by Crippen LogP contribution is 2.33. The minimum absolute atomic E-state index is 0.00883. The summed E-state index contributed by atoms with van der Waals surface area (Å²) in [6.07, 6.45) is -4.80. The van der Waals surface area contributed by atoms with Gasteiger partial charge in [-0.1, -0.05) is 18.2 Å². The molecular formula is C25H20F3N5O4. The van der Waals surface area contributed by atoms with Crippen LogP contribution in [-0.2, 0) is 6.18 Å². The van der Waals surface area contributed by atoms with E-state index in [1.54, 1.807) is 38.1 Å². The number of carbonyl (C=O) groups excluding carboxylic acids is 1. The molecule has 0 aliphatic heterocycles. The monoisotopic (exact) mass is 511 g/mol. The molecule has 190 valence electrons. The van der Waals surface area contributed by atoms with Crippen molar-refractivity contribution < 1.29 is 27.6 Å². The molecule has 0 aliphatic carbocycles. The fourth-order valence-electron chi connectivity index (χ4n) is 3.41. The van der Waals surface area contributed by atoms with Gasteiger partial charge in [0.15, 0.2) is 5.82 Å². The van der Waals surface area contributed by atoms with Crippen LogP contribution in [0.1, 0.15) is 29.8 Å². The minimum atomic E-state index is -4.53. The summed E-state index contributed by atoms with van der Waals surface area (Å²) in [5.74, 6) is -0.412. The molecule has 0 unspecified atom stereocenters. The van der Waals surface area contributed by atoms with Crippen LogP contribution < -0.4 is 10.1 Å². The third-order valence-corrected chi connectivity index (χ3v) is 5.07. The van der Waals surface area contributed by atoms with Crippen LogP contribution in [0, 0.1) is 10.1 Å². The zero-order chi connectivity index (χ0) is 26.7. The molecule has 1 heterocycles. The molecule has 4 aromatic rings. The predicted octanol–water partition coefficient (Wildman–Crippen LogP) is 5.90. The van der Waals surface area contributed by atoms with Crippen molar-refractivity contribution in [1.29, 1.82) is 0 Å². The average Bonchev–Trinajstić information content (AvgIpc) is 3.27. The van der Waals surface area contributed by atoms with E-state index < -0.39 is 22.6 Å². The number of nitrogens with one attached hydrogen (secondary N) is 1. The number of amides is 1. The van der Waals surface area contributed by atoms with Gasteiger partial charge in [-0.3, -0.25) is 14.9 Å². The molecule has 0 atom stereocenters. The van der Waals surface area contributed by atoms with Crippen LogP contribution in [0.25, 0.3) is 17.1 Å². The van der Waals surface area contributed by atoms with Gasteiger partial charge in [-0.15, -0.1) is 5.10 Å². The number of carbonyl (C=O) groups is 1. The topological polar surface area (TPSA) is 112 Å². The van der Waals surface area contributed by atoms with E-state index >= 15 is 0 Å². The number of rotatable bonds is 7. The Hall–Kier alpha value is -4.74. The minimum Gasteiger partial charge on any atom is -0.460 e. The van der Waals surface area contributed by atoms with E-state index in [1.807, 2.05) is 0 Å². The number of ether oxygens (including phenoxy) is 1. The molecule has 0 aliphatic rings. The lowest BCUT2D eigenvalue weighted by atomic mass is 10.1. The van der Waals surface area contributed by atoms with Crippen LogP contribution in [0.2, 0.25) is 0 Å². The van der Waals surface area contributed by atoms with Crippen LogP contribution >= 0.6 is 0 Å².